The van der Waals surface area contributed by atoms with Gasteiger partial charge in [0.2, 0.25) is 5.91 Å². The Bertz CT molecular complexity index is 419. The second-order valence-corrected chi connectivity index (χ2v) is 6.20. The van der Waals surface area contributed by atoms with E-state index in [1.807, 2.05) is 24.1 Å². The molecule has 0 N–H and O–H groups in total. The number of hydrogen-bond acceptors (Lipinski definition) is 3. The summed E-state index contributed by atoms with van der Waals surface area (Å²) in [6.45, 7) is 3.79. The van der Waals surface area contributed by atoms with Gasteiger partial charge in [0, 0.05) is 24.9 Å². The molecule has 1 atom stereocenters. The smallest absolute Gasteiger partial charge is 0.223 e. The first-order valence-corrected chi connectivity index (χ1v) is 8.37. The SMILES string of the molecule is CSCCC(=O)N1CCCC[C@@H]1Cn1cc(C)cn1. The van der Waals surface area contributed by atoms with Crippen LogP contribution in [0.2, 0.25) is 0 Å². The third-order valence-electron chi connectivity index (χ3n) is 3.63. The van der Waals surface area contributed by atoms with Crippen molar-refractivity contribution in [1.29, 1.82) is 0 Å². The molecule has 1 saturated heterocycles. The number of rotatable bonds is 5. The Morgan fingerprint density at radius 3 is 3.05 bits per heavy atom. The topological polar surface area (TPSA) is 38.1 Å². The van der Waals surface area contributed by atoms with Gasteiger partial charge in [0.1, 0.15) is 0 Å². The first-order chi connectivity index (χ1) is 9.20. The lowest BCUT2D eigenvalue weighted by Gasteiger charge is -2.35. The Morgan fingerprint density at radius 2 is 2.37 bits per heavy atom. The van der Waals surface area contributed by atoms with E-state index < -0.39 is 0 Å². The Balaban J connectivity index is 1.97. The summed E-state index contributed by atoms with van der Waals surface area (Å²) in [5.74, 6) is 1.23. The van der Waals surface area contributed by atoms with E-state index in [1.165, 1.54) is 12.0 Å². The Morgan fingerprint density at radius 1 is 1.53 bits per heavy atom. The van der Waals surface area contributed by atoms with Gasteiger partial charge >= 0.3 is 0 Å². The van der Waals surface area contributed by atoms with Crippen molar-refractivity contribution >= 4 is 17.7 Å². The van der Waals surface area contributed by atoms with Crippen LogP contribution in [-0.4, -0.2) is 45.2 Å². The van der Waals surface area contributed by atoms with Crippen molar-refractivity contribution in [2.24, 2.45) is 0 Å². The van der Waals surface area contributed by atoms with Crippen LogP contribution in [-0.2, 0) is 11.3 Å². The van der Waals surface area contributed by atoms with E-state index >= 15 is 0 Å². The van der Waals surface area contributed by atoms with E-state index in [0.717, 1.165) is 31.7 Å². The molecule has 1 amide bonds. The van der Waals surface area contributed by atoms with E-state index in [1.54, 1.807) is 11.8 Å². The quantitative estimate of drug-likeness (QED) is 0.831. The van der Waals surface area contributed by atoms with Gasteiger partial charge in [-0.1, -0.05) is 0 Å². The highest BCUT2D eigenvalue weighted by molar-refractivity contribution is 7.98. The average molecular weight is 281 g/mol. The highest BCUT2D eigenvalue weighted by atomic mass is 32.2. The molecule has 1 aliphatic heterocycles. The molecule has 0 aliphatic carbocycles. The van der Waals surface area contributed by atoms with Crippen molar-refractivity contribution in [3.63, 3.8) is 0 Å². The number of carbonyl (C=O) groups is 1. The molecule has 0 spiro atoms. The molecule has 1 aliphatic rings. The van der Waals surface area contributed by atoms with Crippen LogP contribution < -0.4 is 0 Å². The Labute approximate surface area is 119 Å². The highest BCUT2D eigenvalue weighted by Crippen LogP contribution is 2.20. The molecule has 0 unspecified atom stereocenters. The summed E-state index contributed by atoms with van der Waals surface area (Å²) >= 11 is 1.74. The zero-order valence-electron chi connectivity index (χ0n) is 11.8. The Hall–Kier alpha value is -0.970. The predicted molar refractivity (Wildman–Crippen MR) is 79.3 cm³/mol. The summed E-state index contributed by atoms with van der Waals surface area (Å²) in [5.41, 5.74) is 1.18. The van der Waals surface area contributed by atoms with E-state index in [9.17, 15) is 4.79 Å². The number of aromatic nitrogens is 2. The molecule has 1 fully saturated rings. The summed E-state index contributed by atoms with van der Waals surface area (Å²) in [6, 6.07) is 0.322. The largest absolute Gasteiger partial charge is 0.338 e. The lowest BCUT2D eigenvalue weighted by molar-refractivity contribution is -0.134. The summed E-state index contributed by atoms with van der Waals surface area (Å²) in [6.07, 6.45) is 10.1. The minimum Gasteiger partial charge on any atom is -0.338 e. The molecule has 0 saturated carbocycles. The molecule has 1 aromatic rings. The molecule has 2 rings (SSSR count). The average Bonchev–Trinajstić information content (AvgIpc) is 2.82. The second-order valence-electron chi connectivity index (χ2n) is 5.22. The number of thioether (sulfide) groups is 1. The maximum Gasteiger partial charge on any atom is 0.223 e. The van der Waals surface area contributed by atoms with E-state index in [-0.39, 0.29) is 0 Å². The maximum atomic E-state index is 12.2. The van der Waals surface area contributed by atoms with Gasteiger partial charge in [0.25, 0.3) is 0 Å². The molecule has 106 valence electrons. The maximum absolute atomic E-state index is 12.2. The summed E-state index contributed by atoms with van der Waals surface area (Å²) in [5, 5.41) is 4.34. The molecule has 0 bridgehead atoms. The first-order valence-electron chi connectivity index (χ1n) is 6.98. The van der Waals surface area contributed by atoms with Crippen LogP contribution in [0.15, 0.2) is 12.4 Å². The van der Waals surface area contributed by atoms with Crippen molar-refractivity contribution in [3.05, 3.63) is 18.0 Å². The molecule has 2 heterocycles. The van der Waals surface area contributed by atoms with Crippen molar-refractivity contribution in [2.75, 3.05) is 18.6 Å². The number of hydrogen-bond donors (Lipinski definition) is 0. The number of amides is 1. The van der Waals surface area contributed by atoms with Gasteiger partial charge in [-0.2, -0.15) is 16.9 Å². The Kier molecular flexibility index (Phi) is 5.31. The standard InChI is InChI=1S/C14H23N3OS/c1-12-9-15-16(10-12)11-13-5-3-4-7-17(13)14(18)6-8-19-2/h9-10,13H,3-8,11H2,1-2H3/t13-/m1/s1. The first kappa shape index (κ1) is 14.4. The molecule has 5 heteroatoms. The van der Waals surface area contributed by atoms with Crippen molar-refractivity contribution in [2.45, 2.75) is 45.2 Å². The predicted octanol–water partition coefficient (Wildman–Crippen LogP) is 2.33. The van der Waals surface area contributed by atoms with Gasteiger partial charge in [-0.3, -0.25) is 9.48 Å². The van der Waals surface area contributed by atoms with Gasteiger partial charge < -0.3 is 4.90 Å². The van der Waals surface area contributed by atoms with Crippen molar-refractivity contribution in [3.8, 4) is 0 Å². The van der Waals surface area contributed by atoms with Gasteiger partial charge in [-0.05, 0) is 38.0 Å². The molecule has 0 radical (unpaired) electrons. The molecular formula is C14H23N3OS. The molecule has 4 nitrogen and oxygen atoms in total. The summed E-state index contributed by atoms with van der Waals surface area (Å²) < 4.78 is 1.97. The number of carbonyl (C=O) groups excluding carboxylic acids is 1. The highest BCUT2D eigenvalue weighted by Gasteiger charge is 2.26. The zero-order valence-corrected chi connectivity index (χ0v) is 12.7. The van der Waals surface area contributed by atoms with E-state index in [0.29, 0.717) is 18.4 Å². The van der Waals surface area contributed by atoms with E-state index in [4.69, 9.17) is 0 Å². The molecule has 19 heavy (non-hydrogen) atoms. The van der Waals surface area contributed by atoms with Crippen LogP contribution in [0.5, 0.6) is 0 Å². The fourth-order valence-corrected chi connectivity index (χ4v) is 3.01. The van der Waals surface area contributed by atoms with Gasteiger partial charge in [-0.25, -0.2) is 0 Å². The van der Waals surface area contributed by atoms with Gasteiger partial charge in [0.05, 0.1) is 18.8 Å². The minimum atomic E-state index is 0.308. The number of nitrogens with zero attached hydrogens (tertiary/aromatic N) is 3. The molecular weight excluding hydrogens is 258 g/mol. The van der Waals surface area contributed by atoms with Crippen molar-refractivity contribution < 1.29 is 4.79 Å². The van der Waals surface area contributed by atoms with Crippen molar-refractivity contribution in [1.82, 2.24) is 14.7 Å². The van der Waals surface area contributed by atoms with Crippen LogP contribution in [0, 0.1) is 6.92 Å². The van der Waals surface area contributed by atoms with Gasteiger partial charge in [0.15, 0.2) is 0 Å². The third kappa shape index (κ3) is 4.00. The third-order valence-corrected chi connectivity index (χ3v) is 4.24. The number of likely N-dealkylation sites (tertiary alicyclic amines) is 1. The second kappa shape index (κ2) is 6.98. The minimum absolute atomic E-state index is 0.308. The number of aryl methyl sites for hydroxylation is 1. The summed E-state index contributed by atoms with van der Waals surface area (Å²) in [7, 11) is 0. The normalized spacial score (nSPS) is 19.7. The zero-order chi connectivity index (χ0) is 13.7. The molecule has 1 aromatic heterocycles. The van der Waals surface area contributed by atoms with Crippen LogP contribution in [0.3, 0.4) is 0 Å². The number of piperidine rings is 1. The van der Waals surface area contributed by atoms with Crippen LogP contribution in [0.1, 0.15) is 31.2 Å². The van der Waals surface area contributed by atoms with Crippen LogP contribution in [0.25, 0.3) is 0 Å². The lowest BCUT2D eigenvalue weighted by Crippen LogP contribution is -2.46. The monoisotopic (exact) mass is 281 g/mol. The summed E-state index contributed by atoms with van der Waals surface area (Å²) in [4.78, 5) is 14.3. The molecule has 0 aromatic carbocycles. The van der Waals surface area contributed by atoms with Gasteiger partial charge in [-0.15, -0.1) is 0 Å². The lowest BCUT2D eigenvalue weighted by atomic mass is 10.0. The fourth-order valence-electron chi connectivity index (χ4n) is 2.63. The van der Waals surface area contributed by atoms with Crippen LogP contribution in [0.4, 0.5) is 0 Å². The van der Waals surface area contributed by atoms with Crippen LogP contribution >= 0.6 is 11.8 Å². The fraction of sp³-hybridized carbons (Fsp3) is 0.714. The van der Waals surface area contributed by atoms with E-state index in [2.05, 4.69) is 16.2 Å².